The topological polar surface area (TPSA) is 50.2 Å². The van der Waals surface area contributed by atoms with Crippen molar-refractivity contribution in [3.8, 4) is 0 Å². The Bertz CT molecular complexity index is 494. The van der Waals surface area contributed by atoms with Gasteiger partial charge in [-0.3, -0.25) is 14.4 Å². The molecule has 0 radical (unpaired) electrons. The van der Waals surface area contributed by atoms with E-state index in [1.807, 2.05) is 14.0 Å². The number of nitrogens with zero attached hydrogens (tertiary/aromatic N) is 3. The third-order valence-electron chi connectivity index (χ3n) is 4.92. The van der Waals surface area contributed by atoms with Gasteiger partial charge in [-0.05, 0) is 45.7 Å². The summed E-state index contributed by atoms with van der Waals surface area (Å²) in [6, 6.07) is 0.453. The standard InChI is InChI=1S/C15H24N4O/c1-11-13(10-16-18(11)2)17-15(20)12-6-5-9-19-8-4-3-7-14(12)19/h10,12,14H,3-9H2,1-2H3,(H,17,20)/t12-,14-/m1/s1. The first-order chi connectivity index (χ1) is 9.66. The number of hydrogen-bond acceptors (Lipinski definition) is 3. The van der Waals surface area contributed by atoms with Crippen molar-refractivity contribution < 1.29 is 4.79 Å². The molecule has 2 fully saturated rings. The molecule has 5 nitrogen and oxygen atoms in total. The molecule has 2 aliphatic rings. The van der Waals surface area contributed by atoms with Crippen LogP contribution in [0.25, 0.3) is 0 Å². The number of hydrogen-bond donors (Lipinski definition) is 1. The van der Waals surface area contributed by atoms with Gasteiger partial charge in [-0.1, -0.05) is 6.42 Å². The van der Waals surface area contributed by atoms with Gasteiger partial charge in [0.2, 0.25) is 5.91 Å². The van der Waals surface area contributed by atoms with Crippen LogP contribution in [-0.2, 0) is 11.8 Å². The fraction of sp³-hybridized carbons (Fsp3) is 0.733. The highest BCUT2D eigenvalue weighted by Gasteiger charge is 2.37. The highest BCUT2D eigenvalue weighted by molar-refractivity contribution is 5.93. The van der Waals surface area contributed by atoms with Crippen LogP contribution in [0, 0.1) is 12.8 Å². The van der Waals surface area contributed by atoms with E-state index in [1.165, 1.54) is 32.4 Å². The van der Waals surface area contributed by atoms with E-state index < -0.39 is 0 Å². The molecule has 5 heteroatoms. The maximum absolute atomic E-state index is 12.6. The smallest absolute Gasteiger partial charge is 0.229 e. The summed E-state index contributed by atoms with van der Waals surface area (Å²) in [4.78, 5) is 15.1. The maximum atomic E-state index is 12.6. The van der Waals surface area contributed by atoms with Crippen LogP contribution < -0.4 is 5.32 Å². The lowest BCUT2D eigenvalue weighted by molar-refractivity contribution is -0.124. The fourth-order valence-electron chi connectivity index (χ4n) is 3.61. The molecule has 1 amide bonds. The Balaban J connectivity index is 1.71. The van der Waals surface area contributed by atoms with Crippen LogP contribution in [0.1, 0.15) is 37.8 Å². The summed E-state index contributed by atoms with van der Waals surface area (Å²) in [5.41, 5.74) is 1.86. The average Bonchev–Trinajstić information content (AvgIpc) is 2.78. The van der Waals surface area contributed by atoms with Gasteiger partial charge < -0.3 is 5.32 Å². The lowest BCUT2D eigenvalue weighted by Gasteiger charge is -2.43. The summed E-state index contributed by atoms with van der Waals surface area (Å²) in [7, 11) is 1.90. The van der Waals surface area contributed by atoms with Crippen LogP contribution in [0.5, 0.6) is 0 Å². The van der Waals surface area contributed by atoms with E-state index in [2.05, 4.69) is 15.3 Å². The Morgan fingerprint density at radius 2 is 2.10 bits per heavy atom. The van der Waals surface area contributed by atoms with E-state index in [1.54, 1.807) is 10.9 Å². The van der Waals surface area contributed by atoms with Crippen molar-refractivity contribution in [1.29, 1.82) is 0 Å². The number of nitrogens with one attached hydrogen (secondary N) is 1. The highest BCUT2D eigenvalue weighted by atomic mass is 16.2. The zero-order valence-electron chi connectivity index (χ0n) is 12.4. The van der Waals surface area contributed by atoms with Crippen LogP contribution in [0.2, 0.25) is 0 Å². The van der Waals surface area contributed by atoms with Crippen molar-refractivity contribution in [1.82, 2.24) is 14.7 Å². The first-order valence-corrected chi connectivity index (χ1v) is 7.70. The molecule has 2 aliphatic heterocycles. The van der Waals surface area contributed by atoms with E-state index in [0.717, 1.165) is 24.2 Å². The number of anilines is 1. The van der Waals surface area contributed by atoms with Crippen molar-refractivity contribution in [3.05, 3.63) is 11.9 Å². The molecule has 110 valence electrons. The predicted octanol–water partition coefficient (Wildman–Crippen LogP) is 1.93. The lowest BCUT2D eigenvalue weighted by Crippen LogP contribution is -2.51. The zero-order chi connectivity index (χ0) is 14.1. The molecule has 1 aromatic rings. The number of amides is 1. The summed E-state index contributed by atoms with van der Waals surface area (Å²) >= 11 is 0. The number of aryl methyl sites for hydroxylation is 1. The molecule has 1 aromatic heterocycles. The van der Waals surface area contributed by atoms with E-state index in [0.29, 0.717) is 6.04 Å². The summed E-state index contributed by atoms with van der Waals surface area (Å²) in [5.74, 6) is 0.321. The first-order valence-electron chi connectivity index (χ1n) is 7.70. The Hall–Kier alpha value is -1.36. The minimum Gasteiger partial charge on any atom is -0.323 e. The molecule has 0 bridgehead atoms. The monoisotopic (exact) mass is 276 g/mol. The Labute approximate surface area is 120 Å². The Kier molecular flexibility index (Phi) is 3.78. The van der Waals surface area contributed by atoms with Gasteiger partial charge in [-0.25, -0.2) is 0 Å². The SMILES string of the molecule is Cc1c(NC(=O)[C@@H]2CCCN3CCCC[C@H]23)cnn1C. The number of carbonyl (C=O) groups is 1. The molecule has 0 saturated carbocycles. The summed E-state index contributed by atoms with van der Waals surface area (Å²) < 4.78 is 1.80. The van der Waals surface area contributed by atoms with Crippen LogP contribution in [-0.4, -0.2) is 39.7 Å². The van der Waals surface area contributed by atoms with Crippen molar-refractivity contribution in [3.63, 3.8) is 0 Å². The van der Waals surface area contributed by atoms with E-state index in [-0.39, 0.29) is 11.8 Å². The molecule has 0 aliphatic carbocycles. The number of carbonyl (C=O) groups excluding carboxylic acids is 1. The summed E-state index contributed by atoms with van der Waals surface area (Å²) in [5, 5.41) is 7.27. The molecule has 2 atom stereocenters. The van der Waals surface area contributed by atoms with Gasteiger partial charge in [0.05, 0.1) is 23.5 Å². The Morgan fingerprint density at radius 1 is 1.30 bits per heavy atom. The largest absolute Gasteiger partial charge is 0.323 e. The summed E-state index contributed by atoms with van der Waals surface area (Å²) in [6.07, 6.45) is 7.62. The van der Waals surface area contributed by atoms with Crippen LogP contribution in [0.4, 0.5) is 5.69 Å². The van der Waals surface area contributed by atoms with E-state index in [4.69, 9.17) is 0 Å². The molecule has 0 aromatic carbocycles. The Morgan fingerprint density at radius 3 is 2.85 bits per heavy atom. The first kappa shape index (κ1) is 13.6. The third kappa shape index (κ3) is 2.46. The lowest BCUT2D eigenvalue weighted by atomic mass is 9.83. The average molecular weight is 276 g/mol. The highest BCUT2D eigenvalue weighted by Crippen LogP contribution is 2.31. The molecule has 1 N–H and O–H groups in total. The quantitative estimate of drug-likeness (QED) is 0.898. The summed E-state index contributed by atoms with van der Waals surface area (Å²) in [6.45, 7) is 4.32. The van der Waals surface area contributed by atoms with Crippen molar-refractivity contribution in [2.75, 3.05) is 18.4 Å². The molecule has 3 heterocycles. The van der Waals surface area contributed by atoms with Crippen LogP contribution >= 0.6 is 0 Å². The number of piperidine rings is 2. The maximum Gasteiger partial charge on any atom is 0.229 e. The molecule has 2 saturated heterocycles. The molecular weight excluding hydrogens is 252 g/mol. The molecule has 0 spiro atoms. The molecule has 20 heavy (non-hydrogen) atoms. The van der Waals surface area contributed by atoms with Gasteiger partial charge in [0.25, 0.3) is 0 Å². The molecule has 3 rings (SSSR count). The second-order valence-electron chi connectivity index (χ2n) is 6.10. The molecular formula is C15H24N4O. The van der Waals surface area contributed by atoms with Crippen molar-refractivity contribution >= 4 is 11.6 Å². The van der Waals surface area contributed by atoms with E-state index in [9.17, 15) is 4.79 Å². The van der Waals surface area contributed by atoms with Gasteiger partial charge in [-0.15, -0.1) is 0 Å². The van der Waals surface area contributed by atoms with Gasteiger partial charge in [0.15, 0.2) is 0 Å². The van der Waals surface area contributed by atoms with E-state index >= 15 is 0 Å². The van der Waals surface area contributed by atoms with Crippen molar-refractivity contribution in [2.24, 2.45) is 13.0 Å². The second-order valence-corrected chi connectivity index (χ2v) is 6.10. The number of rotatable bonds is 2. The molecule has 0 unspecified atom stereocenters. The predicted molar refractivity (Wildman–Crippen MR) is 78.5 cm³/mol. The van der Waals surface area contributed by atoms with Gasteiger partial charge in [-0.2, -0.15) is 5.10 Å². The zero-order valence-corrected chi connectivity index (χ0v) is 12.4. The van der Waals surface area contributed by atoms with Crippen molar-refractivity contribution in [2.45, 2.75) is 45.1 Å². The fourth-order valence-corrected chi connectivity index (χ4v) is 3.61. The normalized spacial score (nSPS) is 27.1. The second kappa shape index (κ2) is 5.56. The minimum atomic E-state index is 0.142. The van der Waals surface area contributed by atoms with Gasteiger partial charge >= 0.3 is 0 Å². The number of fused-ring (bicyclic) bond motifs is 1. The van der Waals surface area contributed by atoms with Crippen LogP contribution in [0.15, 0.2) is 6.20 Å². The van der Waals surface area contributed by atoms with Gasteiger partial charge in [0.1, 0.15) is 0 Å². The third-order valence-corrected chi connectivity index (χ3v) is 4.92. The van der Waals surface area contributed by atoms with Crippen LogP contribution in [0.3, 0.4) is 0 Å². The number of aromatic nitrogens is 2. The minimum absolute atomic E-state index is 0.142. The van der Waals surface area contributed by atoms with Gasteiger partial charge in [0, 0.05) is 13.1 Å².